The van der Waals surface area contributed by atoms with Crippen LogP contribution in [0.25, 0.3) is 0 Å². The number of benzene rings is 1. The summed E-state index contributed by atoms with van der Waals surface area (Å²) in [7, 11) is 0. The predicted octanol–water partition coefficient (Wildman–Crippen LogP) is 4.05. The van der Waals surface area contributed by atoms with Crippen molar-refractivity contribution < 1.29 is 24.9 Å². The Hall–Kier alpha value is -2.01. The summed E-state index contributed by atoms with van der Waals surface area (Å²) >= 11 is 0. The summed E-state index contributed by atoms with van der Waals surface area (Å²) in [6.45, 7) is 10.9. The molecule has 2 rings (SSSR count). The molecule has 0 saturated heterocycles. The maximum absolute atomic E-state index is 12.7. The van der Waals surface area contributed by atoms with Crippen molar-refractivity contribution in [3.63, 3.8) is 0 Å². The molecule has 1 heterocycles. The van der Waals surface area contributed by atoms with E-state index in [4.69, 9.17) is 4.74 Å². The topological polar surface area (TPSA) is 87.0 Å². The summed E-state index contributed by atoms with van der Waals surface area (Å²) in [6.07, 6.45) is 2.71. The Morgan fingerprint density at radius 2 is 1.92 bits per heavy atom. The van der Waals surface area contributed by atoms with Gasteiger partial charge in [-0.15, -0.1) is 0 Å². The predicted molar refractivity (Wildman–Crippen MR) is 101 cm³/mol. The molecule has 2 atom stereocenters. The van der Waals surface area contributed by atoms with Crippen molar-refractivity contribution in [1.82, 2.24) is 0 Å². The number of carbonyl (C=O) groups excluding carboxylic acids is 1. The third kappa shape index (κ3) is 3.58. The van der Waals surface area contributed by atoms with E-state index in [1.165, 1.54) is 5.57 Å². The van der Waals surface area contributed by atoms with E-state index in [-0.39, 0.29) is 46.5 Å². The fourth-order valence-electron chi connectivity index (χ4n) is 3.29. The molecule has 3 N–H and O–H groups in total. The van der Waals surface area contributed by atoms with Gasteiger partial charge in [0.2, 0.25) is 0 Å². The number of Topliss-reactive ketones (excluding diaryl/α,β-unsaturated/α-hetero) is 1. The number of aliphatic hydroxyl groups excluding tert-OH is 1. The van der Waals surface area contributed by atoms with E-state index in [0.29, 0.717) is 12.0 Å². The molecule has 26 heavy (non-hydrogen) atoms. The number of ketones is 1. The van der Waals surface area contributed by atoms with Gasteiger partial charge in [-0.2, -0.15) is 0 Å². The van der Waals surface area contributed by atoms with Crippen molar-refractivity contribution in [3.05, 3.63) is 28.3 Å². The lowest BCUT2D eigenvalue weighted by Crippen LogP contribution is -2.49. The van der Waals surface area contributed by atoms with Crippen molar-refractivity contribution in [3.8, 4) is 17.2 Å². The highest BCUT2D eigenvalue weighted by molar-refractivity contribution is 6.03. The Balaban J connectivity index is 2.56. The second-order valence-corrected chi connectivity index (χ2v) is 7.98. The molecule has 0 aromatic heterocycles. The molecule has 1 aliphatic heterocycles. The summed E-state index contributed by atoms with van der Waals surface area (Å²) in [5, 5.41) is 31.6. The summed E-state index contributed by atoms with van der Waals surface area (Å²) in [5.41, 5.74) is 0.999. The molecule has 0 saturated carbocycles. The first-order valence-corrected chi connectivity index (χ1v) is 9.11. The maximum Gasteiger partial charge on any atom is 0.172 e. The van der Waals surface area contributed by atoms with Gasteiger partial charge in [0.05, 0.1) is 6.10 Å². The molecular weight excluding hydrogens is 332 g/mol. The second kappa shape index (κ2) is 7.31. The third-order valence-corrected chi connectivity index (χ3v) is 5.14. The van der Waals surface area contributed by atoms with Crippen LogP contribution in [-0.2, 0) is 6.42 Å². The molecule has 0 unspecified atom stereocenters. The zero-order chi connectivity index (χ0) is 19.8. The molecule has 1 aromatic carbocycles. The number of carbonyl (C=O) groups is 1. The van der Waals surface area contributed by atoms with Crippen LogP contribution in [0.1, 0.15) is 68.9 Å². The molecule has 0 bridgehead atoms. The fraction of sp³-hybridized carbons (Fsp3) is 0.571. The van der Waals surface area contributed by atoms with Gasteiger partial charge in [-0.25, -0.2) is 0 Å². The molecule has 0 aliphatic carbocycles. The van der Waals surface area contributed by atoms with Crippen LogP contribution in [0.2, 0.25) is 0 Å². The average Bonchev–Trinajstić information content (AvgIpc) is 2.54. The van der Waals surface area contributed by atoms with Crippen molar-refractivity contribution in [2.75, 3.05) is 0 Å². The highest BCUT2D eigenvalue weighted by Gasteiger charge is 2.43. The summed E-state index contributed by atoms with van der Waals surface area (Å²) in [5.74, 6) is -0.744. The summed E-state index contributed by atoms with van der Waals surface area (Å²) in [4.78, 5) is 12.7. The zero-order valence-electron chi connectivity index (χ0n) is 16.5. The van der Waals surface area contributed by atoms with E-state index >= 15 is 0 Å². The first kappa shape index (κ1) is 20.3. The summed E-state index contributed by atoms with van der Waals surface area (Å²) in [6, 6.07) is 0. The van der Waals surface area contributed by atoms with Crippen LogP contribution in [0.15, 0.2) is 11.6 Å². The summed E-state index contributed by atoms with van der Waals surface area (Å²) < 4.78 is 6.11. The molecule has 0 radical (unpaired) electrons. The van der Waals surface area contributed by atoms with Gasteiger partial charge in [0.25, 0.3) is 0 Å². The minimum Gasteiger partial charge on any atom is -0.507 e. The van der Waals surface area contributed by atoms with Crippen LogP contribution in [0.5, 0.6) is 17.2 Å². The smallest absolute Gasteiger partial charge is 0.172 e. The van der Waals surface area contributed by atoms with Gasteiger partial charge in [0, 0.05) is 23.5 Å². The van der Waals surface area contributed by atoms with Crippen molar-refractivity contribution in [2.45, 2.75) is 72.5 Å². The molecule has 1 aliphatic rings. The molecule has 144 valence electrons. The SMILES string of the molecule is CC(C)=CCC[C@]1(C)Oc2c(c(O)c(C)c(O)c2C(=O)C(C)C)C[C@H]1O. The third-order valence-electron chi connectivity index (χ3n) is 5.14. The number of fused-ring (bicyclic) bond motifs is 1. The van der Waals surface area contributed by atoms with E-state index in [9.17, 15) is 20.1 Å². The Kier molecular flexibility index (Phi) is 5.71. The molecule has 0 fully saturated rings. The van der Waals surface area contributed by atoms with Crippen LogP contribution < -0.4 is 4.74 Å². The Bertz CT molecular complexity index is 744. The number of rotatable bonds is 5. The van der Waals surface area contributed by atoms with Crippen LogP contribution in [0, 0.1) is 12.8 Å². The number of hydrogen-bond donors (Lipinski definition) is 3. The standard InChI is InChI=1S/C21H30O5/c1-11(2)8-7-9-21(6)15(22)10-14-18(24)13(5)19(25)16(20(14)26-21)17(23)12(3)4/h8,12,15,22,24-25H,7,9-10H2,1-6H3/t15-,21+/m1/s1. The Morgan fingerprint density at radius 3 is 2.46 bits per heavy atom. The number of phenols is 2. The minimum absolute atomic E-state index is 0.102. The zero-order valence-corrected chi connectivity index (χ0v) is 16.5. The number of ether oxygens (including phenoxy) is 1. The Morgan fingerprint density at radius 1 is 1.31 bits per heavy atom. The average molecular weight is 362 g/mol. The van der Waals surface area contributed by atoms with Gasteiger partial charge in [-0.1, -0.05) is 25.5 Å². The second-order valence-electron chi connectivity index (χ2n) is 7.98. The monoisotopic (exact) mass is 362 g/mol. The number of aromatic hydroxyl groups is 2. The first-order chi connectivity index (χ1) is 12.0. The molecular formula is C21H30O5. The molecule has 0 spiro atoms. The van der Waals surface area contributed by atoms with Crippen LogP contribution in [-0.4, -0.2) is 32.8 Å². The number of aliphatic hydroxyl groups is 1. The number of allylic oxidation sites excluding steroid dienone is 2. The van der Waals surface area contributed by atoms with E-state index in [1.807, 2.05) is 13.8 Å². The number of hydrogen-bond acceptors (Lipinski definition) is 5. The maximum atomic E-state index is 12.7. The molecule has 0 amide bonds. The highest BCUT2D eigenvalue weighted by Crippen LogP contribution is 2.48. The van der Waals surface area contributed by atoms with Crippen molar-refractivity contribution >= 4 is 5.78 Å². The van der Waals surface area contributed by atoms with E-state index in [1.54, 1.807) is 27.7 Å². The van der Waals surface area contributed by atoms with Crippen molar-refractivity contribution in [2.24, 2.45) is 5.92 Å². The fourth-order valence-corrected chi connectivity index (χ4v) is 3.29. The number of phenolic OH excluding ortho intramolecular Hbond substituents is 2. The lowest BCUT2D eigenvalue weighted by atomic mass is 9.82. The normalized spacial score (nSPS) is 21.9. The van der Waals surface area contributed by atoms with Gasteiger partial charge in [-0.3, -0.25) is 4.79 Å². The lowest BCUT2D eigenvalue weighted by molar-refractivity contribution is -0.0597. The van der Waals surface area contributed by atoms with Crippen LogP contribution in [0.4, 0.5) is 0 Å². The van der Waals surface area contributed by atoms with Gasteiger partial charge in [0.1, 0.15) is 28.4 Å². The molecule has 5 heteroatoms. The minimum atomic E-state index is -0.904. The first-order valence-electron chi connectivity index (χ1n) is 9.11. The Labute approximate surface area is 155 Å². The van der Waals surface area contributed by atoms with Crippen LogP contribution >= 0.6 is 0 Å². The van der Waals surface area contributed by atoms with Gasteiger partial charge >= 0.3 is 0 Å². The lowest BCUT2D eigenvalue weighted by Gasteiger charge is -2.41. The van der Waals surface area contributed by atoms with Gasteiger partial charge in [0.15, 0.2) is 5.78 Å². The van der Waals surface area contributed by atoms with Gasteiger partial charge < -0.3 is 20.1 Å². The van der Waals surface area contributed by atoms with Gasteiger partial charge in [-0.05, 0) is 40.5 Å². The van der Waals surface area contributed by atoms with Crippen LogP contribution in [0.3, 0.4) is 0 Å². The molecule has 5 nitrogen and oxygen atoms in total. The molecule has 1 aromatic rings. The van der Waals surface area contributed by atoms with E-state index in [2.05, 4.69) is 6.08 Å². The largest absolute Gasteiger partial charge is 0.507 e. The van der Waals surface area contributed by atoms with E-state index in [0.717, 1.165) is 6.42 Å². The van der Waals surface area contributed by atoms with E-state index < -0.39 is 11.7 Å². The quantitative estimate of drug-likeness (QED) is 0.543. The van der Waals surface area contributed by atoms with Crippen molar-refractivity contribution in [1.29, 1.82) is 0 Å². The highest BCUT2D eigenvalue weighted by atomic mass is 16.5.